The number of hydrogen-bond acceptors (Lipinski definition) is 4. The molecule has 2 atom stereocenters. The summed E-state index contributed by atoms with van der Waals surface area (Å²) in [6.45, 7) is 9.66. The molecule has 1 saturated heterocycles. The number of carbonyl (C=O) groups excluding carboxylic acids is 2. The van der Waals surface area contributed by atoms with Crippen molar-refractivity contribution in [1.82, 2.24) is 15.5 Å². The Morgan fingerprint density at radius 3 is 2.68 bits per heavy atom. The lowest BCUT2D eigenvalue weighted by Crippen LogP contribution is -2.43. The SMILES string of the molecule is C[C@@H](C[C@@H]1CCCN1C(=O)OC(C)(C)C)NCCNC(=O)c1ccccc1Cl. The maximum Gasteiger partial charge on any atom is 0.410 e. The van der Waals surface area contributed by atoms with Gasteiger partial charge in [0.1, 0.15) is 5.60 Å². The van der Waals surface area contributed by atoms with E-state index in [1.807, 2.05) is 25.7 Å². The molecular formula is C21H32ClN3O3. The van der Waals surface area contributed by atoms with Crippen molar-refractivity contribution >= 4 is 23.6 Å². The molecule has 28 heavy (non-hydrogen) atoms. The third-order valence-corrected chi connectivity index (χ3v) is 4.98. The first-order chi connectivity index (χ1) is 13.2. The van der Waals surface area contributed by atoms with Crippen molar-refractivity contribution in [1.29, 1.82) is 0 Å². The summed E-state index contributed by atoms with van der Waals surface area (Å²) in [5, 5.41) is 6.73. The highest BCUT2D eigenvalue weighted by Gasteiger charge is 2.32. The molecule has 0 aliphatic carbocycles. The van der Waals surface area contributed by atoms with Crippen LogP contribution in [0, 0.1) is 0 Å². The van der Waals surface area contributed by atoms with Crippen LogP contribution < -0.4 is 10.6 Å². The second-order valence-electron chi connectivity index (χ2n) is 8.30. The number of carbonyl (C=O) groups is 2. The Morgan fingerprint density at radius 1 is 1.29 bits per heavy atom. The number of likely N-dealkylation sites (tertiary alicyclic amines) is 1. The topological polar surface area (TPSA) is 70.7 Å². The molecule has 1 fully saturated rings. The minimum absolute atomic E-state index is 0.174. The zero-order valence-electron chi connectivity index (χ0n) is 17.3. The molecule has 1 aromatic rings. The molecule has 2 rings (SSSR count). The molecule has 156 valence electrons. The summed E-state index contributed by atoms with van der Waals surface area (Å²) in [5.74, 6) is -0.174. The Labute approximate surface area is 172 Å². The van der Waals surface area contributed by atoms with Crippen molar-refractivity contribution < 1.29 is 14.3 Å². The maximum absolute atomic E-state index is 12.4. The van der Waals surface area contributed by atoms with Crippen molar-refractivity contribution in [2.45, 2.75) is 64.6 Å². The van der Waals surface area contributed by atoms with Gasteiger partial charge in [0.2, 0.25) is 0 Å². The molecule has 0 aromatic heterocycles. The Hall–Kier alpha value is -1.79. The van der Waals surface area contributed by atoms with Gasteiger partial charge < -0.3 is 20.3 Å². The van der Waals surface area contributed by atoms with Crippen molar-refractivity contribution in [3.63, 3.8) is 0 Å². The highest BCUT2D eigenvalue weighted by Crippen LogP contribution is 2.24. The van der Waals surface area contributed by atoms with Crippen LogP contribution in [0.4, 0.5) is 4.79 Å². The van der Waals surface area contributed by atoms with E-state index in [-0.39, 0.29) is 24.1 Å². The minimum Gasteiger partial charge on any atom is -0.444 e. The van der Waals surface area contributed by atoms with Gasteiger partial charge in [-0.25, -0.2) is 4.79 Å². The molecular weight excluding hydrogens is 378 g/mol. The molecule has 2 amide bonds. The molecule has 0 unspecified atom stereocenters. The van der Waals surface area contributed by atoms with E-state index >= 15 is 0 Å². The van der Waals surface area contributed by atoms with Gasteiger partial charge in [-0.05, 0) is 59.1 Å². The molecule has 1 aliphatic rings. The third kappa shape index (κ3) is 6.99. The molecule has 7 heteroatoms. The number of amides is 2. The van der Waals surface area contributed by atoms with Crippen LogP contribution in [0.3, 0.4) is 0 Å². The van der Waals surface area contributed by atoms with Gasteiger partial charge in [0, 0.05) is 31.7 Å². The fourth-order valence-corrected chi connectivity index (χ4v) is 3.59. The van der Waals surface area contributed by atoms with Gasteiger partial charge in [0.05, 0.1) is 10.6 Å². The fourth-order valence-electron chi connectivity index (χ4n) is 3.37. The fraction of sp³-hybridized carbons (Fsp3) is 0.619. The van der Waals surface area contributed by atoms with Crippen molar-refractivity contribution in [3.05, 3.63) is 34.9 Å². The zero-order chi connectivity index (χ0) is 20.7. The van der Waals surface area contributed by atoms with E-state index in [1.54, 1.807) is 24.3 Å². The van der Waals surface area contributed by atoms with E-state index in [0.29, 0.717) is 23.7 Å². The lowest BCUT2D eigenvalue weighted by Gasteiger charge is -2.30. The Bertz CT molecular complexity index is 675. The van der Waals surface area contributed by atoms with E-state index in [9.17, 15) is 9.59 Å². The van der Waals surface area contributed by atoms with Gasteiger partial charge in [-0.2, -0.15) is 0 Å². The molecule has 0 saturated carbocycles. The average molecular weight is 410 g/mol. The standard InChI is InChI=1S/C21H32ClN3O3/c1-15(14-16-8-7-13-25(16)20(27)28-21(2,3)4)23-11-12-24-19(26)17-9-5-6-10-18(17)22/h5-6,9-10,15-16,23H,7-8,11-14H2,1-4H3,(H,24,26)/t15-,16-/m0/s1. The number of benzene rings is 1. The van der Waals surface area contributed by atoms with Gasteiger partial charge in [0.15, 0.2) is 0 Å². The van der Waals surface area contributed by atoms with E-state index in [0.717, 1.165) is 25.8 Å². The summed E-state index contributed by atoms with van der Waals surface area (Å²) in [7, 11) is 0. The summed E-state index contributed by atoms with van der Waals surface area (Å²) in [4.78, 5) is 26.4. The second-order valence-corrected chi connectivity index (χ2v) is 8.70. The molecule has 6 nitrogen and oxygen atoms in total. The van der Waals surface area contributed by atoms with Crippen LogP contribution in [-0.2, 0) is 4.74 Å². The summed E-state index contributed by atoms with van der Waals surface area (Å²) < 4.78 is 5.52. The van der Waals surface area contributed by atoms with Crippen molar-refractivity contribution in [2.75, 3.05) is 19.6 Å². The van der Waals surface area contributed by atoms with Crippen molar-refractivity contribution in [3.8, 4) is 0 Å². The molecule has 2 N–H and O–H groups in total. The van der Waals surface area contributed by atoms with Gasteiger partial charge in [-0.15, -0.1) is 0 Å². The average Bonchev–Trinajstić information content (AvgIpc) is 3.05. The normalized spacial score (nSPS) is 18.0. The number of nitrogens with one attached hydrogen (secondary N) is 2. The lowest BCUT2D eigenvalue weighted by molar-refractivity contribution is 0.0214. The van der Waals surface area contributed by atoms with Crippen LogP contribution in [-0.4, -0.2) is 54.2 Å². The molecule has 1 heterocycles. The van der Waals surface area contributed by atoms with Crippen LogP contribution in [0.1, 0.15) is 57.3 Å². The number of nitrogens with zero attached hydrogens (tertiary/aromatic N) is 1. The van der Waals surface area contributed by atoms with E-state index in [4.69, 9.17) is 16.3 Å². The Kier molecular flexibility index (Phi) is 8.13. The van der Waals surface area contributed by atoms with Crippen molar-refractivity contribution in [2.24, 2.45) is 0 Å². The Balaban J connectivity index is 1.72. The maximum atomic E-state index is 12.4. The van der Waals surface area contributed by atoms with Gasteiger partial charge in [-0.3, -0.25) is 4.79 Å². The molecule has 1 aliphatic heterocycles. The quantitative estimate of drug-likeness (QED) is 0.671. The van der Waals surface area contributed by atoms with E-state index in [1.165, 1.54) is 0 Å². The highest BCUT2D eigenvalue weighted by molar-refractivity contribution is 6.33. The number of ether oxygens (including phenoxy) is 1. The minimum atomic E-state index is -0.478. The second kappa shape index (κ2) is 10.1. The van der Waals surface area contributed by atoms with Crippen LogP contribution in [0.5, 0.6) is 0 Å². The van der Waals surface area contributed by atoms with Crippen LogP contribution in [0.2, 0.25) is 5.02 Å². The number of halogens is 1. The lowest BCUT2D eigenvalue weighted by atomic mass is 10.1. The van der Waals surface area contributed by atoms with Crippen LogP contribution in [0.15, 0.2) is 24.3 Å². The molecule has 0 radical (unpaired) electrons. The summed E-state index contributed by atoms with van der Waals surface area (Å²) in [6, 6.07) is 7.42. The summed E-state index contributed by atoms with van der Waals surface area (Å²) in [6.07, 6.45) is 2.63. The Morgan fingerprint density at radius 2 is 2.00 bits per heavy atom. The summed E-state index contributed by atoms with van der Waals surface area (Å²) >= 11 is 6.04. The van der Waals surface area contributed by atoms with Crippen LogP contribution in [0.25, 0.3) is 0 Å². The molecule has 0 bridgehead atoms. The number of hydrogen-bond donors (Lipinski definition) is 2. The van der Waals surface area contributed by atoms with E-state index in [2.05, 4.69) is 17.6 Å². The third-order valence-electron chi connectivity index (χ3n) is 4.65. The number of rotatable bonds is 7. The first kappa shape index (κ1) is 22.5. The largest absolute Gasteiger partial charge is 0.444 e. The predicted molar refractivity (Wildman–Crippen MR) is 112 cm³/mol. The van der Waals surface area contributed by atoms with Gasteiger partial charge in [0.25, 0.3) is 5.91 Å². The molecule has 0 spiro atoms. The van der Waals surface area contributed by atoms with E-state index < -0.39 is 5.60 Å². The molecule has 1 aromatic carbocycles. The monoisotopic (exact) mass is 409 g/mol. The first-order valence-corrected chi connectivity index (χ1v) is 10.3. The summed E-state index contributed by atoms with van der Waals surface area (Å²) in [5.41, 5.74) is 0.00434. The highest BCUT2D eigenvalue weighted by atomic mass is 35.5. The first-order valence-electron chi connectivity index (χ1n) is 9.93. The smallest absolute Gasteiger partial charge is 0.410 e. The van der Waals surface area contributed by atoms with Crippen LogP contribution >= 0.6 is 11.6 Å². The predicted octanol–water partition coefficient (Wildman–Crippen LogP) is 3.84. The van der Waals surface area contributed by atoms with Gasteiger partial charge >= 0.3 is 6.09 Å². The van der Waals surface area contributed by atoms with Gasteiger partial charge in [-0.1, -0.05) is 23.7 Å². The zero-order valence-corrected chi connectivity index (χ0v) is 18.0.